The van der Waals surface area contributed by atoms with E-state index in [2.05, 4.69) is 4.98 Å². The summed E-state index contributed by atoms with van der Waals surface area (Å²) in [7, 11) is 0. The summed E-state index contributed by atoms with van der Waals surface area (Å²) in [5.41, 5.74) is -2.65. The van der Waals surface area contributed by atoms with Gasteiger partial charge in [-0.1, -0.05) is 0 Å². The van der Waals surface area contributed by atoms with E-state index in [9.17, 15) is 18.0 Å². The highest BCUT2D eigenvalue weighted by Crippen LogP contribution is 2.30. The first-order chi connectivity index (χ1) is 7.61. The Morgan fingerprint density at radius 2 is 1.88 bits per heavy atom. The van der Waals surface area contributed by atoms with Crippen molar-refractivity contribution in [2.75, 3.05) is 0 Å². The maximum atomic E-state index is 12.6. The first kappa shape index (κ1) is 13.5. The van der Waals surface area contributed by atoms with Crippen LogP contribution in [0.2, 0.25) is 0 Å². The molecule has 0 fully saturated rings. The lowest BCUT2D eigenvalue weighted by molar-refractivity contribution is -0.141. The van der Waals surface area contributed by atoms with Crippen LogP contribution in [-0.2, 0) is 10.9 Å². The summed E-state index contributed by atoms with van der Waals surface area (Å²) >= 11 is 0. The molecule has 0 unspecified atom stereocenters. The van der Waals surface area contributed by atoms with Gasteiger partial charge in [-0.05, 0) is 32.9 Å². The lowest BCUT2D eigenvalue weighted by Crippen LogP contribution is -2.26. The smallest absolute Gasteiger partial charge is 0.434 e. The summed E-state index contributed by atoms with van der Waals surface area (Å²) in [5.74, 6) is -1.03. The zero-order chi connectivity index (χ0) is 13.3. The molecule has 1 aromatic heterocycles. The quantitative estimate of drug-likeness (QED) is 0.716. The molecule has 0 saturated heterocycles. The lowest BCUT2D eigenvalue weighted by Gasteiger charge is -2.20. The van der Waals surface area contributed by atoms with Crippen molar-refractivity contribution in [1.82, 2.24) is 4.98 Å². The average molecular weight is 247 g/mol. The summed E-state index contributed by atoms with van der Waals surface area (Å²) in [4.78, 5) is 14.7. The molecule has 6 heteroatoms. The van der Waals surface area contributed by atoms with E-state index in [1.165, 1.54) is 6.07 Å². The fourth-order valence-corrected chi connectivity index (χ4v) is 1.13. The Kier molecular flexibility index (Phi) is 3.45. The second-order valence-corrected chi connectivity index (χ2v) is 4.40. The molecule has 0 aliphatic heterocycles. The predicted octanol–water partition coefficient (Wildman–Crippen LogP) is 3.06. The first-order valence-electron chi connectivity index (χ1n) is 4.87. The molecule has 0 bridgehead atoms. The summed E-state index contributed by atoms with van der Waals surface area (Å²) < 4.78 is 42.6. The minimum Gasteiger partial charge on any atom is -0.456 e. The van der Waals surface area contributed by atoms with Crippen molar-refractivity contribution in [2.45, 2.75) is 32.5 Å². The Hall–Kier alpha value is -1.59. The van der Waals surface area contributed by atoms with E-state index in [0.717, 1.165) is 12.3 Å². The molecular formula is C11H12F3NO2. The molecule has 3 nitrogen and oxygen atoms in total. The maximum absolute atomic E-state index is 12.6. The van der Waals surface area contributed by atoms with Gasteiger partial charge in [-0.2, -0.15) is 13.2 Å². The molecule has 0 spiro atoms. The zero-order valence-electron chi connectivity index (χ0n) is 9.63. The van der Waals surface area contributed by atoms with Gasteiger partial charge >= 0.3 is 12.1 Å². The Balaban J connectivity index is 3.11. The maximum Gasteiger partial charge on any atom is 0.434 e. The van der Waals surface area contributed by atoms with Crippen LogP contribution in [0.5, 0.6) is 0 Å². The Labute approximate surface area is 96.6 Å². The molecule has 0 saturated carbocycles. The topological polar surface area (TPSA) is 39.2 Å². The number of nitrogens with zero attached hydrogens (tertiary/aromatic N) is 1. The average Bonchev–Trinajstić information content (AvgIpc) is 2.13. The highest BCUT2D eigenvalue weighted by molar-refractivity contribution is 5.91. The molecule has 0 aromatic carbocycles. The van der Waals surface area contributed by atoms with E-state index in [4.69, 9.17) is 4.74 Å². The van der Waals surface area contributed by atoms with Crippen molar-refractivity contribution in [2.24, 2.45) is 0 Å². The minimum atomic E-state index is -4.67. The van der Waals surface area contributed by atoms with Gasteiger partial charge in [-0.15, -0.1) is 0 Å². The molecular weight excluding hydrogens is 235 g/mol. The Morgan fingerprint density at radius 3 is 2.35 bits per heavy atom. The molecule has 0 atom stereocenters. The van der Waals surface area contributed by atoms with Crippen molar-refractivity contribution in [3.63, 3.8) is 0 Å². The molecule has 1 aromatic rings. The van der Waals surface area contributed by atoms with Crippen LogP contribution in [0, 0.1) is 0 Å². The van der Waals surface area contributed by atoms with E-state index >= 15 is 0 Å². The van der Waals surface area contributed by atoms with Crippen molar-refractivity contribution in [1.29, 1.82) is 0 Å². The third kappa shape index (κ3) is 3.72. The summed E-state index contributed by atoms with van der Waals surface area (Å²) in [5, 5.41) is 0. The molecule has 0 amide bonds. The third-order valence-corrected chi connectivity index (χ3v) is 1.70. The third-order valence-electron chi connectivity index (χ3n) is 1.70. The van der Waals surface area contributed by atoms with Gasteiger partial charge in [0.2, 0.25) is 0 Å². The Bertz CT molecular complexity index is 421. The highest BCUT2D eigenvalue weighted by Gasteiger charge is 2.38. The summed E-state index contributed by atoms with van der Waals surface area (Å²) in [6.07, 6.45) is -3.69. The molecule has 0 N–H and O–H groups in total. The number of ether oxygens (including phenoxy) is 1. The van der Waals surface area contributed by atoms with Gasteiger partial charge in [0.15, 0.2) is 5.69 Å². The molecule has 0 aliphatic rings. The largest absolute Gasteiger partial charge is 0.456 e. The number of esters is 1. The van der Waals surface area contributed by atoms with Crippen LogP contribution in [0.3, 0.4) is 0 Å². The van der Waals surface area contributed by atoms with Crippen LogP contribution in [-0.4, -0.2) is 16.6 Å². The van der Waals surface area contributed by atoms with Crippen LogP contribution < -0.4 is 0 Å². The number of carbonyl (C=O) groups excluding carboxylic acids is 1. The van der Waals surface area contributed by atoms with Crippen molar-refractivity contribution < 1.29 is 22.7 Å². The van der Waals surface area contributed by atoms with Crippen LogP contribution in [0.1, 0.15) is 36.8 Å². The number of aromatic nitrogens is 1. The lowest BCUT2D eigenvalue weighted by atomic mass is 10.1. The van der Waals surface area contributed by atoms with Crippen LogP contribution in [0.15, 0.2) is 18.3 Å². The van der Waals surface area contributed by atoms with Gasteiger partial charge in [-0.25, -0.2) is 4.79 Å². The fourth-order valence-electron chi connectivity index (χ4n) is 1.13. The first-order valence-corrected chi connectivity index (χ1v) is 4.87. The number of hydrogen-bond donors (Lipinski definition) is 0. The van der Waals surface area contributed by atoms with Gasteiger partial charge in [0.05, 0.1) is 5.56 Å². The summed E-state index contributed by atoms with van der Waals surface area (Å²) in [6.45, 7) is 4.73. The van der Waals surface area contributed by atoms with Gasteiger partial charge in [0.25, 0.3) is 0 Å². The standard InChI is InChI=1S/C11H12F3NO2/c1-10(2,3)17-9(16)7-5-4-6-15-8(7)11(12,13)14/h4-6H,1-3H3. The van der Waals surface area contributed by atoms with E-state index in [1.54, 1.807) is 20.8 Å². The number of hydrogen-bond acceptors (Lipinski definition) is 3. The zero-order valence-corrected chi connectivity index (χ0v) is 9.63. The van der Waals surface area contributed by atoms with Gasteiger partial charge < -0.3 is 4.74 Å². The Morgan fingerprint density at radius 1 is 1.29 bits per heavy atom. The second-order valence-electron chi connectivity index (χ2n) is 4.40. The monoisotopic (exact) mass is 247 g/mol. The van der Waals surface area contributed by atoms with Crippen molar-refractivity contribution in [3.05, 3.63) is 29.6 Å². The van der Waals surface area contributed by atoms with E-state index < -0.39 is 29.0 Å². The van der Waals surface area contributed by atoms with Crippen molar-refractivity contribution >= 4 is 5.97 Å². The number of carbonyl (C=O) groups is 1. The number of halogens is 3. The van der Waals surface area contributed by atoms with Crippen LogP contribution >= 0.6 is 0 Å². The normalized spacial score (nSPS) is 12.4. The fraction of sp³-hybridized carbons (Fsp3) is 0.455. The summed E-state index contributed by atoms with van der Waals surface area (Å²) in [6, 6.07) is 2.30. The van der Waals surface area contributed by atoms with E-state index in [0.29, 0.717) is 0 Å². The van der Waals surface area contributed by atoms with Crippen LogP contribution in [0.4, 0.5) is 13.2 Å². The van der Waals surface area contributed by atoms with Crippen LogP contribution in [0.25, 0.3) is 0 Å². The van der Waals surface area contributed by atoms with E-state index in [-0.39, 0.29) is 0 Å². The number of alkyl halides is 3. The van der Waals surface area contributed by atoms with Gasteiger partial charge in [-0.3, -0.25) is 4.98 Å². The van der Waals surface area contributed by atoms with Gasteiger partial charge in [0, 0.05) is 6.20 Å². The molecule has 17 heavy (non-hydrogen) atoms. The second kappa shape index (κ2) is 4.35. The highest BCUT2D eigenvalue weighted by atomic mass is 19.4. The minimum absolute atomic E-state index is 0.574. The van der Waals surface area contributed by atoms with E-state index in [1.807, 2.05) is 0 Å². The molecule has 1 rings (SSSR count). The molecule has 1 heterocycles. The molecule has 0 aliphatic carbocycles. The molecule has 0 radical (unpaired) electrons. The number of rotatable bonds is 1. The van der Waals surface area contributed by atoms with Gasteiger partial charge in [0.1, 0.15) is 5.60 Å². The van der Waals surface area contributed by atoms with Crippen molar-refractivity contribution in [3.8, 4) is 0 Å². The SMILES string of the molecule is CC(C)(C)OC(=O)c1cccnc1C(F)(F)F. The number of pyridine rings is 1. The molecule has 94 valence electrons. The predicted molar refractivity (Wildman–Crippen MR) is 54.4 cm³/mol.